The minimum Gasteiger partial charge on any atom is -0.254 e. The van der Waals surface area contributed by atoms with Crippen LogP contribution in [0.4, 0.5) is 0 Å². The number of benzene rings is 1. The smallest absolute Gasteiger partial charge is 0.0627 e. The van der Waals surface area contributed by atoms with Crippen LogP contribution in [-0.4, -0.2) is 9.96 Å². The van der Waals surface area contributed by atoms with Gasteiger partial charge in [0.15, 0.2) is 0 Å². The van der Waals surface area contributed by atoms with Crippen molar-refractivity contribution in [3.8, 4) is 6.07 Å². The zero-order valence-corrected chi connectivity index (χ0v) is 11.2. The molecule has 2 rings (SSSR count). The predicted octanol–water partition coefficient (Wildman–Crippen LogP) is 3.25. The van der Waals surface area contributed by atoms with E-state index in [0.29, 0.717) is 12.2 Å². The summed E-state index contributed by atoms with van der Waals surface area (Å²) >= 11 is 3.35. The molecule has 4 heteroatoms. The van der Waals surface area contributed by atoms with E-state index in [1.165, 1.54) is 0 Å². The van der Waals surface area contributed by atoms with Gasteiger partial charge in [-0.25, -0.2) is 0 Å². The van der Waals surface area contributed by atoms with Gasteiger partial charge in [0.05, 0.1) is 16.9 Å². The van der Waals surface area contributed by atoms with E-state index in [2.05, 4.69) is 22.0 Å². The topological polar surface area (TPSA) is 40.9 Å². The highest BCUT2D eigenvalue weighted by Gasteiger charge is 2.43. The summed E-state index contributed by atoms with van der Waals surface area (Å²) in [6.45, 7) is 0. The molecule has 1 aliphatic carbocycles. The van der Waals surface area contributed by atoms with Crippen LogP contribution in [-0.2, 0) is 10.8 Å². The van der Waals surface area contributed by atoms with Gasteiger partial charge in [0.1, 0.15) is 0 Å². The van der Waals surface area contributed by atoms with Gasteiger partial charge >= 0.3 is 0 Å². The van der Waals surface area contributed by atoms with Crippen LogP contribution in [0.5, 0.6) is 0 Å². The van der Waals surface area contributed by atoms with Crippen molar-refractivity contribution in [2.24, 2.45) is 5.41 Å². The van der Waals surface area contributed by atoms with E-state index < -0.39 is 10.8 Å². The van der Waals surface area contributed by atoms with Gasteiger partial charge in [-0.05, 0) is 42.5 Å². The van der Waals surface area contributed by atoms with Gasteiger partial charge in [-0.15, -0.1) is 0 Å². The van der Waals surface area contributed by atoms with Gasteiger partial charge in [0.25, 0.3) is 0 Å². The number of hydrogen-bond donors (Lipinski definition) is 0. The van der Waals surface area contributed by atoms with Crippen molar-refractivity contribution in [2.45, 2.75) is 24.2 Å². The first-order valence-electron chi connectivity index (χ1n) is 5.16. The zero-order chi connectivity index (χ0) is 11.6. The summed E-state index contributed by atoms with van der Waals surface area (Å²) in [5, 5.41) is 8.71. The lowest BCUT2D eigenvalue weighted by Crippen LogP contribution is -2.11. The Morgan fingerprint density at radius 1 is 1.38 bits per heavy atom. The average molecular weight is 298 g/mol. The van der Waals surface area contributed by atoms with Crippen molar-refractivity contribution >= 4 is 26.7 Å². The Morgan fingerprint density at radius 2 is 2.00 bits per heavy atom. The highest BCUT2D eigenvalue weighted by molar-refractivity contribution is 9.10. The molecule has 2 nitrogen and oxygen atoms in total. The molecule has 16 heavy (non-hydrogen) atoms. The summed E-state index contributed by atoms with van der Waals surface area (Å²) in [4.78, 5) is 0.854. The highest BCUT2D eigenvalue weighted by atomic mass is 79.9. The Hall–Kier alpha value is -0.660. The van der Waals surface area contributed by atoms with Crippen LogP contribution in [0.3, 0.4) is 0 Å². The monoisotopic (exact) mass is 297 g/mol. The lowest BCUT2D eigenvalue weighted by atomic mass is 10.1. The normalized spacial score (nSPS) is 18.8. The van der Waals surface area contributed by atoms with Crippen LogP contribution < -0.4 is 0 Å². The van der Waals surface area contributed by atoms with E-state index in [4.69, 9.17) is 5.26 Å². The molecule has 84 valence electrons. The summed E-state index contributed by atoms with van der Waals surface area (Å²) in [7, 11) is -0.972. The minimum absolute atomic E-state index is 0.0483. The van der Waals surface area contributed by atoms with Crippen molar-refractivity contribution in [3.63, 3.8) is 0 Å². The van der Waals surface area contributed by atoms with E-state index in [0.717, 1.165) is 22.2 Å². The summed E-state index contributed by atoms with van der Waals surface area (Å²) in [5.41, 5.74) is 0.0483. The average Bonchev–Trinajstić information content (AvgIpc) is 2.99. The maximum Gasteiger partial charge on any atom is 0.0627 e. The maximum absolute atomic E-state index is 12.1. The zero-order valence-electron chi connectivity index (χ0n) is 8.78. The molecule has 0 N–H and O–H groups in total. The Morgan fingerprint density at radius 3 is 2.50 bits per heavy atom. The number of halogens is 1. The number of nitrogens with zero attached hydrogens (tertiary/aromatic N) is 1. The Balaban J connectivity index is 2.04. The molecular formula is C12H12BrNOS. The van der Waals surface area contributed by atoms with Crippen molar-refractivity contribution < 1.29 is 4.21 Å². The highest BCUT2D eigenvalue weighted by Crippen LogP contribution is 2.49. The fourth-order valence-corrected chi connectivity index (χ4v) is 3.48. The third kappa shape index (κ3) is 2.72. The molecule has 1 saturated carbocycles. The van der Waals surface area contributed by atoms with Gasteiger partial charge in [0, 0.05) is 21.5 Å². The van der Waals surface area contributed by atoms with Gasteiger partial charge in [-0.2, -0.15) is 5.26 Å². The predicted molar refractivity (Wildman–Crippen MR) is 67.3 cm³/mol. The summed E-state index contributed by atoms with van der Waals surface area (Å²) in [6, 6.07) is 9.75. The van der Waals surface area contributed by atoms with Gasteiger partial charge in [-0.3, -0.25) is 4.21 Å². The lowest BCUT2D eigenvalue weighted by molar-refractivity contribution is 0.587. The van der Waals surface area contributed by atoms with E-state index >= 15 is 0 Å². The SMILES string of the molecule is N#CCC1(CS(=O)c2ccc(Br)cc2)CC1. The van der Waals surface area contributed by atoms with Crippen LogP contribution in [0.1, 0.15) is 19.3 Å². The third-order valence-electron chi connectivity index (χ3n) is 2.92. The maximum atomic E-state index is 12.1. The van der Waals surface area contributed by atoms with Crippen molar-refractivity contribution in [1.29, 1.82) is 5.26 Å². The molecule has 0 radical (unpaired) electrons. The first kappa shape index (κ1) is 11.8. The van der Waals surface area contributed by atoms with Crippen LogP contribution in [0, 0.1) is 16.7 Å². The molecule has 0 aliphatic heterocycles. The molecule has 0 aromatic heterocycles. The Bertz CT molecular complexity index is 445. The fourth-order valence-electron chi connectivity index (χ4n) is 1.66. The van der Waals surface area contributed by atoms with Crippen LogP contribution in [0.2, 0.25) is 0 Å². The first-order chi connectivity index (χ1) is 7.65. The third-order valence-corrected chi connectivity index (χ3v) is 5.13. The fraction of sp³-hybridized carbons (Fsp3) is 0.417. The number of nitriles is 1. The van der Waals surface area contributed by atoms with E-state index in [9.17, 15) is 4.21 Å². The van der Waals surface area contributed by atoms with Gasteiger partial charge in [-0.1, -0.05) is 15.9 Å². The second-order valence-electron chi connectivity index (χ2n) is 4.28. The molecule has 1 aromatic carbocycles. The Kier molecular flexibility index (Phi) is 3.46. The largest absolute Gasteiger partial charge is 0.254 e. The lowest BCUT2D eigenvalue weighted by Gasteiger charge is -2.10. The first-order valence-corrected chi connectivity index (χ1v) is 7.27. The van der Waals surface area contributed by atoms with Crippen LogP contribution in [0.25, 0.3) is 0 Å². The summed E-state index contributed by atoms with van der Waals surface area (Å²) in [6.07, 6.45) is 2.63. The molecule has 1 aliphatic rings. The van der Waals surface area contributed by atoms with Crippen LogP contribution >= 0.6 is 15.9 Å². The van der Waals surface area contributed by atoms with Crippen molar-refractivity contribution in [3.05, 3.63) is 28.7 Å². The molecule has 0 spiro atoms. The van der Waals surface area contributed by atoms with Crippen molar-refractivity contribution in [2.75, 3.05) is 5.75 Å². The van der Waals surface area contributed by atoms with E-state index in [-0.39, 0.29) is 5.41 Å². The molecule has 0 bridgehead atoms. The molecule has 1 atom stereocenters. The summed E-state index contributed by atoms with van der Waals surface area (Å²) < 4.78 is 13.1. The van der Waals surface area contributed by atoms with Gasteiger partial charge in [0.2, 0.25) is 0 Å². The molecule has 0 saturated heterocycles. The quantitative estimate of drug-likeness (QED) is 0.856. The molecular weight excluding hydrogens is 286 g/mol. The van der Waals surface area contributed by atoms with E-state index in [1.54, 1.807) is 0 Å². The number of hydrogen-bond acceptors (Lipinski definition) is 2. The van der Waals surface area contributed by atoms with Crippen LogP contribution in [0.15, 0.2) is 33.6 Å². The summed E-state index contributed by atoms with van der Waals surface area (Å²) in [5.74, 6) is 0.627. The molecule has 1 fully saturated rings. The van der Waals surface area contributed by atoms with Gasteiger partial charge < -0.3 is 0 Å². The number of rotatable bonds is 4. The molecule has 1 aromatic rings. The van der Waals surface area contributed by atoms with E-state index in [1.807, 2.05) is 24.3 Å². The standard InChI is InChI=1S/C12H12BrNOS/c13-10-1-3-11(4-2-10)16(15)9-12(5-6-12)7-8-14/h1-4H,5-7,9H2. The van der Waals surface area contributed by atoms with Crippen molar-refractivity contribution in [1.82, 2.24) is 0 Å². The molecule has 1 unspecified atom stereocenters. The second kappa shape index (κ2) is 4.68. The molecule has 0 heterocycles. The second-order valence-corrected chi connectivity index (χ2v) is 6.65. The minimum atomic E-state index is -0.972. The Labute approximate surface area is 106 Å². The molecule has 0 amide bonds.